The Morgan fingerprint density at radius 3 is 2.72 bits per heavy atom. The first-order valence-corrected chi connectivity index (χ1v) is 9.11. The van der Waals surface area contributed by atoms with Crippen molar-refractivity contribution in [2.45, 2.75) is 32.6 Å². The van der Waals surface area contributed by atoms with Crippen LogP contribution in [0.3, 0.4) is 0 Å². The van der Waals surface area contributed by atoms with E-state index in [1.54, 1.807) is 18.0 Å². The van der Waals surface area contributed by atoms with Crippen molar-refractivity contribution >= 4 is 23.5 Å². The van der Waals surface area contributed by atoms with E-state index < -0.39 is 0 Å². The zero-order chi connectivity index (χ0) is 17.6. The monoisotopic (exact) mass is 346 g/mol. The van der Waals surface area contributed by atoms with Gasteiger partial charge in [-0.15, -0.1) is 0 Å². The third kappa shape index (κ3) is 4.41. The maximum Gasteiger partial charge on any atom is 0.321 e. The lowest BCUT2D eigenvalue weighted by molar-refractivity contribution is -0.149. The number of anilines is 2. The van der Waals surface area contributed by atoms with Gasteiger partial charge in [0, 0.05) is 26.2 Å². The number of pyridine rings is 1. The molecule has 7 heteroatoms. The Morgan fingerprint density at radius 2 is 2.04 bits per heavy atom. The molecule has 0 aliphatic carbocycles. The van der Waals surface area contributed by atoms with Crippen molar-refractivity contribution < 1.29 is 14.3 Å². The summed E-state index contributed by atoms with van der Waals surface area (Å²) < 4.78 is 5.08. The molecule has 0 aromatic carbocycles. The Bertz CT molecular complexity index is 599. The summed E-state index contributed by atoms with van der Waals surface area (Å²) in [6.07, 6.45) is 5.68. The minimum atomic E-state index is -0.227. The van der Waals surface area contributed by atoms with E-state index in [9.17, 15) is 9.59 Å². The van der Waals surface area contributed by atoms with Crippen molar-refractivity contribution in [1.29, 1.82) is 0 Å². The molecule has 0 spiro atoms. The molecule has 3 heterocycles. The number of urea groups is 1. The first kappa shape index (κ1) is 17.5. The molecule has 0 bridgehead atoms. The van der Waals surface area contributed by atoms with E-state index >= 15 is 0 Å². The van der Waals surface area contributed by atoms with Gasteiger partial charge in [-0.05, 0) is 44.7 Å². The van der Waals surface area contributed by atoms with E-state index in [0.29, 0.717) is 25.4 Å². The van der Waals surface area contributed by atoms with Crippen molar-refractivity contribution in [3.8, 4) is 0 Å². The smallest absolute Gasteiger partial charge is 0.321 e. The molecule has 2 amide bonds. The first-order valence-electron chi connectivity index (χ1n) is 9.11. The molecule has 7 nitrogen and oxygen atoms in total. The Balaban J connectivity index is 1.55. The van der Waals surface area contributed by atoms with Crippen molar-refractivity contribution in [1.82, 2.24) is 9.88 Å². The summed E-state index contributed by atoms with van der Waals surface area (Å²) >= 11 is 0. The van der Waals surface area contributed by atoms with Crippen LogP contribution in [0.2, 0.25) is 0 Å². The van der Waals surface area contributed by atoms with Crippen LogP contribution in [-0.4, -0.2) is 54.7 Å². The second-order valence-corrected chi connectivity index (χ2v) is 6.57. The summed E-state index contributed by atoms with van der Waals surface area (Å²) in [6, 6.07) is 3.63. The van der Waals surface area contributed by atoms with Gasteiger partial charge in [0.25, 0.3) is 0 Å². The van der Waals surface area contributed by atoms with E-state index in [2.05, 4.69) is 15.2 Å². The van der Waals surface area contributed by atoms with E-state index in [-0.39, 0.29) is 17.9 Å². The molecule has 3 rings (SSSR count). The van der Waals surface area contributed by atoms with Crippen LogP contribution in [0.25, 0.3) is 0 Å². The molecule has 1 unspecified atom stereocenters. The number of rotatable bonds is 4. The van der Waals surface area contributed by atoms with E-state index in [4.69, 9.17) is 4.74 Å². The Morgan fingerprint density at radius 1 is 1.24 bits per heavy atom. The second kappa shape index (κ2) is 8.18. The molecule has 0 saturated carbocycles. The van der Waals surface area contributed by atoms with E-state index in [1.807, 2.05) is 12.1 Å². The Kier molecular flexibility index (Phi) is 5.73. The lowest BCUT2D eigenvalue weighted by Gasteiger charge is -2.31. The van der Waals surface area contributed by atoms with Crippen LogP contribution in [0, 0.1) is 5.92 Å². The number of aromatic nitrogens is 1. The molecule has 2 saturated heterocycles. The Hall–Kier alpha value is -2.31. The molecule has 1 aromatic rings. The van der Waals surface area contributed by atoms with Crippen molar-refractivity contribution in [2.75, 3.05) is 43.0 Å². The zero-order valence-electron chi connectivity index (χ0n) is 14.7. The summed E-state index contributed by atoms with van der Waals surface area (Å²) in [7, 11) is 0. The molecule has 1 atom stereocenters. The number of nitrogens with one attached hydrogen (secondary N) is 1. The summed E-state index contributed by atoms with van der Waals surface area (Å²) in [5, 5.41) is 2.87. The summed E-state index contributed by atoms with van der Waals surface area (Å²) in [5.74, 6) is 0.516. The fourth-order valence-corrected chi connectivity index (χ4v) is 3.41. The molecule has 1 aromatic heterocycles. The van der Waals surface area contributed by atoms with E-state index in [0.717, 1.165) is 31.7 Å². The van der Waals surface area contributed by atoms with Gasteiger partial charge < -0.3 is 19.9 Å². The molecule has 2 aliphatic heterocycles. The molecular formula is C18H26N4O3. The predicted octanol–water partition coefficient (Wildman–Crippen LogP) is 2.49. The van der Waals surface area contributed by atoms with Crippen molar-refractivity contribution in [2.24, 2.45) is 5.92 Å². The molecular weight excluding hydrogens is 320 g/mol. The minimum Gasteiger partial charge on any atom is -0.466 e. The number of carbonyl (C=O) groups is 2. The fraction of sp³-hybridized carbons (Fsp3) is 0.611. The minimum absolute atomic E-state index is 0.190. The maximum atomic E-state index is 12.5. The predicted molar refractivity (Wildman–Crippen MR) is 95.6 cm³/mol. The lowest BCUT2D eigenvalue weighted by Crippen LogP contribution is -2.44. The van der Waals surface area contributed by atoms with Crippen LogP contribution in [0.4, 0.5) is 16.3 Å². The highest BCUT2D eigenvalue weighted by Gasteiger charge is 2.29. The quantitative estimate of drug-likeness (QED) is 0.848. The number of esters is 1. The third-order valence-electron chi connectivity index (χ3n) is 4.76. The summed E-state index contributed by atoms with van der Waals surface area (Å²) in [5.41, 5.74) is 0.672. The van der Waals surface area contributed by atoms with Gasteiger partial charge in [-0.1, -0.05) is 0 Å². The fourth-order valence-electron chi connectivity index (χ4n) is 3.41. The van der Waals surface area contributed by atoms with Gasteiger partial charge in [-0.3, -0.25) is 4.79 Å². The highest BCUT2D eigenvalue weighted by Crippen LogP contribution is 2.21. The Labute approximate surface area is 148 Å². The number of piperidine rings is 1. The molecule has 25 heavy (non-hydrogen) atoms. The zero-order valence-corrected chi connectivity index (χ0v) is 14.7. The highest BCUT2D eigenvalue weighted by molar-refractivity contribution is 5.89. The molecule has 2 aliphatic rings. The molecule has 0 radical (unpaired) electrons. The number of hydrogen-bond donors (Lipinski definition) is 1. The van der Waals surface area contributed by atoms with Gasteiger partial charge in [0.15, 0.2) is 0 Å². The maximum absolute atomic E-state index is 12.5. The topological polar surface area (TPSA) is 74.8 Å². The average molecular weight is 346 g/mol. The van der Waals surface area contributed by atoms with Gasteiger partial charge in [0.1, 0.15) is 5.82 Å². The van der Waals surface area contributed by atoms with Crippen LogP contribution in [0.5, 0.6) is 0 Å². The second-order valence-electron chi connectivity index (χ2n) is 6.57. The normalized spacial score (nSPS) is 20.4. The lowest BCUT2D eigenvalue weighted by atomic mass is 9.98. The summed E-state index contributed by atoms with van der Waals surface area (Å²) in [4.78, 5) is 32.7. The van der Waals surface area contributed by atoms with Gasteiger partial charge in [0.05, 0.1) is 24.4 Å². The average Bonchev–Trinajstić information content (AvgIpc) is 3.17. The van der Waals surface area contributed by atoms with Gasteiger partial charge in [-0.2, -0.15) is 0 Å². The highest BCUT2D eigenvalue weighted by atomic mass is 16.5. The van der Waals surface area contributed by atoms with Crippen molar-refractivity contribution in [3.63, 3.8) is 0 Å². The van der Waals surface area contributed by atoms with Crippen LogP contribution < -0.4 is 10.2 Å². The van der Waals surface area contributed by atoms with Gasteiger partial charge in [0.2, 0.25) is 0 Å². The largest absolute Gasteiger partial charge is 0.466 e. The summed E-state index contributed by atoms with van der Waals surface area (Å²) in [6.45, 7) is 5.31. The molecule has 2 fully saturated rings. The van der Waals surface area contributed by atoms with Crippen LogP contribution in [0.1, 0.15) is 32.6 Å². The van der Waals surface area contributed by atoms with Gasteiger partial charge >= 0.3 is 12.0 Å². The van der Waals surface area contributed by atoms with Crippen molar-refractivity contribution in [3.05, 3.63) is 18.3 Å². The SMILES string of the molecule is CCOC(=O)C1CCCN(C(=O)Nc2ccc(N3CCCC3)nc2)C1. The number of amides is 2. The van der Waals surface area contributed by atoms with Crippen LogP contribution >= 0.6 is 0 Å². The molecule has 136 valence electrons. The first-order chi connectivity index (χ1) is 12.2. The number of likely N-dealkylation sites (tertiary alicyclic amines) is 1. The molecule has 1 N–H and O–H groups in total. The van der Waals surface area contributed by atoms with Crippen LogP contribution in [-0.2, 0) is 9.53 Å². The number of hydrogen-bond acceptors (Lipinski definition) is 5. The van der Waals surface area contributed by atoms with E-state index in [1.165, 1.54) is 12.8 Å². The van der Waals surface area contributed by atoms with Gasteiger partial charge in [-0.25, -0.2) is 9.78 Å². The standard InChI is InChI=1S/C18H26N4O3/c1-2-25-17(23)14-6-5-11-22(13-14)18(24)20-15-7-8-16(19-12-15)21-9-3-4-10-21/h7-8,12,14H,2-6,9-11,13H2,1H3,(H,20,24). The number of ether oxygens (including phenoxy) is 1. The number of carbonyl (C=O) groups excluding carboxylic acids is 2. The van der Waals surface area contributed by atoms with Crippen LogP contribution in [0.15, 0.2) is 18.3 Å². The number of nitrogens with zero attached hydrogens (tertiary/aromatic N) is 3. The third-order valence-corrected chi connectivity index (χ3v) is 4.76.